The van der Waals surface area contributed by atoms with E-state index in [2.05, 4.69) is 20.8 Å². The maximum absolute atomic E-state index is 11.9. The number of amides is 2. The molecule has 0 spiro atoms. The first-order valence-corrected chi connectivity index (χ1v) is 8.28. The van der Waals surface area contributed by atoms with Crippen LogP contribution < -0.4 is 15.5 Å². The Hall–Kier alpha value is -3.45. The van der Waals surface area contributed by atoms with E-state index in [1.165, 1.54) is 13.3 Å². The number of nitrogens with zero attached hydrogens (tertiary/aromatic N) is 2. The minimum atomic E-state index is -0.910. The third-order valence-corrected chi connectivity index (χ3v) is 3.93. The van der Waals surface area contributed by atoms with E-state index >= 15 is 0 Å². The van der Waals surface area contributed by atoms with Crippen LogP contribution in [0.15, 0.2) is 59.7 Å². The van der Waals surface area contributed by atoms with Gasteiger partial charge in [-0.05, 0) is 36.4 Å². The highest BCUT2D eigenvalue weighted by atomic mass is 35.5. The molecule has 3 aromatic rings. The highest BCUT2D eigenvalue weighted by molar-refractivity contribution is 6.39. The molecule has 8 heteroatoms. The summed E-state index contributed by atoms with van der Waals surface area (Å²) in [6.45, 7) is 0. The quantitative estimate of drug-likeness (QED) is 0.314. The van der Waals surface area contributed by atoms with E-state index in [0.29, 0.717) is 17.0 Å². The average molecular weight is 383 g/mol. The van der Waals surface area contributed by atoms with Gasteiger partial charge in [-0.3, -0.25) is 9.59 Å². The Bertz CT molecular complexity index is 1020. The van der Waals surface area contributed by atoms with Crippen molar-refractivity contribution in [1.29, 1.82) is 0 Å². The monoisotopic (exact) mass is 382 g/mol. The van der Waals surface area contributed by atoms with Crippen molar-refractivity contribution in [1.82, 2.24) is 10.4 Å². The predicted octanol–water partition coefficient (Wildman–Crippen LogP) is 2.99. The van der Waals surface area contributed by atoms with Gasteiger partial charge >= 0.3 is 11.8 Å². The van der Waals surface area contributed by atoms with Crippen LogP contribution in [0.4, 0.5) is 5.69 Å². The molecule has 0 aliphatic rings. The molecule has 1 heterocycles. The van der Waals surface area contributed by atoms with Crippen molar-refractivity contribution < 1.29 is 14.3 Å². The van der Waals surface area contributed by atoms with Gasteiger partial charge in [0.25, 0.3) is 0 Å². The normalized spacial score (nSPS) is 10.7. The molecule has 0 saturated carbocycles. The maximum Gasteiger partial charge on any atom is 0.329 e. The number of benzene rings is 2. The summed E-state index contributed by atoms with van der Waals surface area (Å²) < 4.78 is 5.03. The molecule has 0 bridgehead atoms. The van der Waals surface area contributed by atoms with Gasteiger partial charge in [-0.2, -0.15) is 5.10 Å². The zero-order valence-corrected chi connectivity index (χ0v) is 15.0. The lowest BCUT2D eigenvalue weighted by atomic mass is 10.2. The molecular weight excluding hydrogens is 368 g/mol. The van der Waals surface area contributed by atoms with E-state index in [1.54, 1.807) is 30.3 Å². The molecule has 2 N–H and O–H groups in total. The van der Waals surface area contributed by atoms with Gasteiger partial charge in [-0.25, -0.2) is 10.4 Å². The summed E-state index contributed by atoms with van der Waals surface area (Å²) in [6.07, 6.45) is 1.33. The first-order valence-electron chi connectivity index (χ1n) is 7.90. The maximum atomic E-state index is 11.9. The van der Waals surface area contributed by atoms with Crippen LogP contribution in [0.2, 0.25) is 5.15 Å². The summed E-state index contributed by atoms with van der Waals surface area (Å²) in [6, 6.07) is 15.8. The second kappa shape index (κ2) is 8.29. The SMILES string of the molecule is COc1ccc(NC(=O)C(=O)N/N=C/c2cc3ccccc3nc2Cl)cc1. The van der Waals surface area contributed by atoms with Crippen molar-refractivity contribution >= 4 is 46.2 Å². The topological polar surface area (TPSA) is 92.7 Å². The number of hydrogen-bond donors (Lipinski definition) is 2. The molecule has 2 aromatic carbocycles. The van der Waals surface area contributed by atoms with Crippen LogP contribution in [0.25, 0.3) is 10.9 Å². The standard InChI is InChI=1S/C19H15ClN4O3/c1-27-15-8-6-14(7-9-15)22-18(25)19(26)24-21-11-13-10-12-4-2-3-5-16(12)23-17(13)20/h2-11H,1H3,(H,22,25)(H,24,26)/b21-11+. The van der Waals surface area contributed by atoms with Gasteiger partial charge in [0.2, 0.25) is 0 Å². The number of hydrazone groups is 1. The largest absolute Gasteiger partial charge is 0.497 e. The minimum Gasteiger partial charge on any atom is -0.497 e. The van der Waals surface area contributed by atoms with Gasteiger partial charge in [0.15, 0.2) is 0 Å². The fourth-order valence-corrected chi connectivity index (χ4v) is 2.47. The molecule has 0 atom stereocenters. The first-order chi connectivity index (χ1) is 13.1. The van der Waals surface area contributed by atoms with Crippen LogP contribution in [-0.2, 0) is 9.59 Å². The number of aromatic nitrogens is 1. The number of para-hydroxylation sites is 1. The lowest BCUT2D eigenvalue weighted by molar-refractivity contribution is -0.136. The Labute approximate surface area is 160 Å². The fourth-order valence-electron chi connectivity index (χ4n) is 2.27. The molecule has 0 aliphatic carbocycles. The Morgan fingerprint density at radius 1 is 1.11 bits per heavy atom. The number of rotatable bonds is 4. The molecule has 0 saturated heterocycles. The number of nitrogens with one attached hydrogen (secondary N) is 2. The molecule has 7 nitrogen and oxygen atoms in total. The van der Waals surface area contributed by atoms with Crippen LogP contribution in [0, 0.1) is 0 Å². The molecule has 136 valence electrons. The van der Waals surface area contributed by atoms with E-state index in [-0.39, 0.29) is 5.15 Å². The van der Waals surface area contributed by atoms with Crippen molar-refractivity contribution in [3.05, 3.63) is 65.3 Å². The first kappa shape index (κ1) is 18.3. The summed E-state index contributed by atoms with van der Waals surface area (Å²) >= 11 is 6.11. The minimum absolute atomic E-state index is 0.245. The second-order valence-electron chi connectivity index (χ2n) is 5.44. The highest BCUT2D eigenvalue weighted by Crippen LogP contribution is 2.19. The molecule has 0 unspecified atom stereocenters. The fraction of sp³-hybridized carbons (Fsp3) is 0.0526. The van der Waals surface area contributed by atoms with Gasteiger partial charge in [-0.1, -0.05) is 29.8 Å². The Morgan fingerprint density at radius 2 is 1.85 bits per heavy atom. The van der Waals surface area contributed by atoms with Gasteiger partial charge in [0.05, 0.1) is 18.8 Å². The summed E-state index contributed by atoms with van der Waals surface area (Å²) in [5.41, 5.74) is 3.89. The molecule has 2 amide bonds. The number of hydrogen-bond acceptors (Lipinski definition) is 5. The smallest absolute Gasteiger partial charge is 0.329 e. The number of pyridine rings is 1. The van der Waals surface area contributed by atoms with E-state index in [9.17, 15) is 9.59 Å². The molecular formula is C19H15ClN4O3. The lowest BCUT2D eigenvalue weighted by Gasteiger charge is -2.05. The predicted molar refractivity (Wildman–Crippen MR) is 104 cm³/mol. The van der Waals surface area contributed by atoms with Crippen molar-refractivity contribution in [2.75, 3.05) is 12.4 Å². The molecule has 3 rings (SSSR count). The molecule has 27 heavy (non-hydrogen) atoms. The van der Waals surface area contributed by atoms with Crippen molar-refractivity contribution in [3.63, 3.8) is 0 Å². The number of fused-ring (bicyclic) bond motifs is 1. The number of anilines is 1. The average Bonchev–Trinajstić information content (AvgIpc) is 2.68. The van der Waals surface area contributed by atoms with Gasteiger partial charge in [-0.15, -0.1) is 0 Å². The molecule has 1 aromatic heterocycles. The summed E-state index contributed by atoms with van der Waals surface area (Å²) in [5.74, 6) is -1.12. The van der Waals surface area contributed by atoms with Crippen LogP contribution >= 0.6 is 11.6 Å². The summed E-state index contributed by atoms with van der Waals surface area (Å²) in [5, 5.41) is 7.35. The number of halogens is 1. The molecule has 0 fully saturated rings. The van der Waals surface area contributed by atoms with Crippen LogP contribution in [-0.4, -0.2) is 30.1 Å². The van der Waals surface area contributed by atoms with Gasteiger partial charge < -0.3 is 10.1 Å². The number of carbonyl (C=O) groups is 2. The van der Waals surface area contributed by atoms with Crippen LogP contribution in [0.3, 0.4) is 0 Å². The number of methoxy groups -OCH3 is 1. The van der Waals surface area contributed by atoms with Crippen molar-refractivity contribution in [2.45, 2.75) is 0 Å². The zero-order valence-electron chi connectivity index (χ0n) is 14.3. The Morgan fingerprint density at radius 3 is 2.59 bits per heavy atom. The third kappa shape index (κ3) is 4.59. The van der Waals surface area contributed by atoms with Gasteiger partial charge in [0.1, 0.15) is 10.9 Å². The third-order valence-electron chi connectivity index (χ3n) is 3.63. The lowest BCUT2D eigenvalue weighted by Crippen LogP contribution is -2.32. The van der Waals surface area contributed by atoms with E-state index in [0.717, 1.165) is 10.9 Å². The molecule has 0 aliphatic heterocycles. The van der Waals surface area contributed by atoms with Crippen LogP contribution in [0.5, 0.6) is 5.75 Å². The van der Waals surface area contributed by atoms with Crippen molar-refractivity contribution in [3.8, 4) is 5.75 Å². The highest BCUT2D eigenvalue weighted by Gasteiger charge is 2.13. The van der Waals surface area contributed by atoms with Gasteiger partial charge in [0, 0.05) is 16.6 Å². The summed E-state index contributed by atoms with van der Waals surface area (Å²) in [4.78, 5) is 28.0. The summed E-state index contributed by atoms with van der Waals surface area (Å²) in [7, 11) is 1.54. The van der Waals surface area contributed by atoms with E-state index in [4.69, 9.17) is 16.3 Å². The second-order valence-corrected chi connectivity index (χ2v) is 5.80. The van der Waals surface area contributed by atoms with Crippen LogP contribution in [0.1, 0.15) is 5.56 Å². The number of carbonyl (C=O) groups excluding carboxylic acids is 2. The Kier molecular flexibility index (Phi) is 5.63. The number of ether oxygens (including phenoxy) is 1. The van der Waals surface area contributed by atoms with Crippen molar-refractivity contribution in [2.24, 2.45) is 5.10 Å². The Balaban J connectivity index is 1.62. The molecule has 0 radical (unpaired) electrons. The zero-order chi connectivity index (χ0) is 19.2. The van der Waals surface area contributed by atoms with E-state index in [1.807, 2.05) is 24.3 Å². The van der Waals surface area contributed by atoms with E-state index < -0.39 is 11.8 Å².